The molecule has 0 saturated carbocycles. The van der Waals surface area contributed by atoms with E-state index in [1.165, 1.54) is 6.92 Å². The van der Waals surface area contributed by atoms with Crippen molar-refractivity contribution in [2.75, 3.05) is 6.61 Å². The van der Waals surface area contributed by atoms with E-state index in [1.54, 1.807) is 31.2 Å². The SMILES string of the molecule is CCOc1nc2ccccc2c(C)c1C(=O)C(F)(F)F. The number of fused-ring (bicyclic) bond motifs is 1. The average molecular weight is 283 g/mol. The molecule has 0 spiro atoms. The predicted molar refractivity (Wildman–Crippen MR) is 68.0 cm³/mol. The van der Waals surface area contributed by atoms with Gasteiger partial charge >= 0.3 is 6.18 Å². The normalized spacial score (nSPS) is 11.7. The van der Waals surface area contributed by atoms with Crippen molar-refractivity contribution in [3.8, 4) is 5.88 Å². The minimum Gasteiger partial charge on any atom is -0.477 e. The highest BCUT2D eigenvalue weighted by Crippen LogP contribution is 2.32. The van der Waals surface area contributed by atoms with Crippen LogP contribution in [0.15, 0.2) is 24.3 Å². The van der Waals surface area contributed by atoms with Crippen molar-refractivity contribution in [3.63, 3.8) is 0 Å². The Balaban J connectivity index is 2.76. The fourth-order valence-electron chi connectivity index (χ4n) is 2.00. The third-order valence-corrected chi connectivity index (χ3v) is 2.88. The Bertz CT molecular complexity index is 665. The molecule has 0 N–H and O–H groups in total. The summed E-state index contributed by atoms with van der Waals surface area (Å²) in [5.74, 6) is -2.21. The largest absolute Gasteiger partial charge is 0.477 e. The Hall–Kier alpha value is -2.11. The fourth-order valence-corrected chi connectivity index (χ4v) is 2.00. The maximum absolute atomic E-state index is 12.7. The van der Waals surface area contributed by atoms with Crippen LogP contribution in [0.4, 0.5) is 13.2 Å². The molecule has 0 amide bonds. The number of carbonyl (C=O) groups excluding carboxylic acids is 1. The van der Waals surface area contributed by atoms with E-state index in [2.05, 4.69) is 4.98 Å². The summed E-state index contributed by atoms with van der Waals surface area (Å²) in [5, 5.41) is 0.503. The maximum atomic E-state index is 12.7. The lowest BCUT2D eigenvalue weighted by molar-refractivity contribution is -0.0887. The monoisotopic (exact) mass is 283 g/mol. The van der Waals surface area contributed by atoms with Crippen LogP contribution < -0.4 is 4.74 Å². The summed E-state index contributed by atoms with van der Waals surface area (Å²) in [4.78, 5) is 15.6. The molecule has 0 aliphatic heterocycles. The summed E-state index contributed by atoms with van der Waals surface area (Å²) in [6.07, 6.45) is -4.96. The standard InChI is InChI=1S/C14H12F3NO2/c1-3-20-13-11(12(19)14(15,16)17)8(2)9-6-4-5-7-10(9)18-13/h4-7H,3H2,1-2H3. The van der Waals surface area contributed by atoms with Crippen LogP contribution in [0.25, 0.3) is 10.9 Å². The van der Waals surface area contributed by atoms with Gasteiger partial charge in [-0.05, 0) is 25.5 Å². The summed E-state index contributed by atoms with van der Waals surface area (Å²) >= 11 is 0. The Morgan fingerprint density at radius 3 is 2.55 bits per heavy atom. The molecule has 0 bridgehead atoms. The smallest absolute Gasteiger partial charge is 0.455 e. The van der Waals surface area contributed by atoms with E-state index in [4.69, 9.17) is 4.74 Å². The number of alkyl halides is 3. The van der Waals surface area contributed by atoms with E-state index in [1.807, 2.05) is 0 Å². The zero-order chi connectivity index (χ0) is 14.9. The fraction of sp³-hybridized carbons (Fsp3) is 0.286. The molecule has 0 unspecified atom stereocenters. The van der Waals surface area contributed by atoms with Crippen molar-refractivity contribution in [1.82, 2.24) is 4.98 Å². The molecule has 0 radical (unpaired) electrons. The first-order chi connectivity index (χ1) is 9.36. The van der Waals surface area contributed by atoms with Crippen molar-refractivity contribution in [2.24, 2.45) is 0 Å². The van der Waals surface area contributed by atoms with Gasteiger partial charge in [0.05, 0.1) is 17.7 Å². The second-order valence-corrected chi connectivity index (χ2v) is 4.19. The first kappa shape index (κ1) is 14.3. The molecule has 0 saturated heterocycles. The number of para-hydroxylation sites is 1. The third-order valence-electron chi connectivity index (χ3n) is 2.88. The Morgan fingerprint density at radius 2 is 1.95 bits per heavy atom. The molecule has 2 rings (SSSR count). The van der Waals surface area contributed by atoms with Gasteiger partial charge in [0.1, 0.15) is 0 Å². The van der Waals surface area contributed by atoms with Crippen LogP contribution in [-0.4, -0.2) is 23.6 Å². The molecule has 20 heavy (non-hydrogen) atoms. The van der Waals surface area contributed by atoms with Crippen molar-refractivity contribution in [3.05, 3.63) is 35.4 Å². The van der Waals surface area contributed by atoms with E-state index in [-0.39, 0.29) is 18.1 Å². The topological polar surface area (TPSA) is 39.2 Å². The first-order valence-corrected chi connectivity index (χ1v) is 6.00. The number of aromatic nitrogens is 1. The van der Waals surface area contributed by atoms with Gasteiger partial charge in [-0.25, -0.2) is 4.98 Å². The number of ketones is 1. The van der Waals surface area contributed by atoms with Crippen LogP contribution in [-0.2, 0) is 0 Å². The average Bonchev–Trinajstić information content (AvgIpc) is 2.38. The van der Waals surface area contributed by atoms with Gasteiger partial charge < -0.3 is 4.74 Å². The quantitative estimate of drug-likeness (QED) is 0.806. The van der Waals surface area contributed by atoms with Crippen LogP contribution in [0, 0.1) is 6.92 Å². The van der Waals surface area contributed by atoms with Gasteiger partial charge in [0.2, 0.25) is 5.88 Å². The van der Waals surface area contributed by atoms with Crippen molar-refractivity contribution < 1.29 is 22.7 Å². The van der Waals surface area contributed by atoms with Gasteiger partial charge in [-0.15, -0.1) is 0 Å². The number of rotatable bonds is 3. The lowest BCUT2D eigenvalue weighted by Crippen LogP contribution is -2.25. The Morgan fingerprint density at radius 1 is 1.30 bits per heavy atom. The number of Topliss-reactive ketones (excluding diaryl/α,β-unsaturated/α-hetero) is 1. The molecule has 0 atom stereocenters. The molecular formula is C14H12F3NO2. The maximum Gasteiger partial charge on any atom is 0.455 e. The lowest BCUT2D eigenvalue weighted by atomic mass is 10.0. The second kappa shape index (κ2) is 5.11. The molecule has 0 aliphatic carbocycles. The van der Waals surface area contributed by atoms with E-state index in [9.17, 15) is 18.0 Å². The van der Waals surface area contributed by atoms with E-state index >= 15 is 0 Å². The lowest BCUT2D eigenvalue weighted by Gasteiger charge is -2.14. The van der Waals surface area contributed by atoms with Crippen LogP contribution in [0.5, 0.6) is 5.88 Å². The number of ether oxygens (including phenoxy) is 1. The number of aryl methyl sites for hydroxylation is 1. The molecule has 0 fully saturated rings. The van der Waals surface area contributed by atoms with Gasteiger partial charge in [0.25, 0.3) is 5.78 Å². The highest BCUT2D eigenvalue weighted by atomic mass is 19.4. The molecule has 1 aromatic heterocycles. The van der Waals surface area contributed by atoms with Gasteiger partial charge in [0, 0.05) is 5.39 Å². The number of hydrogen-bond donors (Lipinski definition) is 0. The minimum absolute atomic E-state index is 0.128. The third kappa shape index (κ3) is 2.45. The van der Waals surface area contributed by atoms with E-state index in [0.29, 0.717) is 10.9 Å². The van der Waals surface area contributed by atoms with Crippen LogP contribution >= 0.6 is 0 Å². The number of pyridine rings is 1. The number of carbonyl (C=O) groups is 1. The summed E-state index contributed by atoms with van der Waals surface area (Å²) in [6.45, 7) is 3.21. The van der Waals surface area contributed by atoms with Crippen LogP contribution in [0.3, 0.4) is 0 Å². The number of halogens is 3. The summed E-state index contributed by atoms with van der Waals surface area (Å²) in [5.41, 5.74) is 0.201. The predicted octanol–water partition coefficient (Wildman–Crippen LogP) is 3.69. The van der Waals surface area contributed by atoms with Gasteiger partial charge in [-0.3, -0.25) is 4.79 Å². The van der Waals surface area contributed by atoms with Crippen LogP contribution in [0.1, 0.15) is 22.8 Å². The Kier molecular flexibility index (Phi) is 3.65. The zero-order valence-electron chi connectivity index (χ0n) is 10.9. The summed E-state index contributed by atoms with van der Waals surface area (Å²) in [6, 6.07) is 6.68. The molecule has 1 heterocycles. The Labute approximate surface area is 113 Å². The van der Waals surface area contributed by atoms with Crippen molar-refractivity contribution in [2.45, 2.75) is 20.0 Å². The molecule has 1 aromatic carbocycles. The van der Waals surface area contributed by atoms with Gasteiger partial charge in [0.15, 0.2) is 0 Å². The highest BCUT2D eigenvalue weighted by Gasteiger charge is 2.42. The number of hydrogen-bond acceptors (Lipinski definition) is 3. The minimum atomic E-state index is -4.96. The molecule has 3 nitrogen and oxygen atoms in total. The summed E-state index contributed by atoms with van der Waals surface area (Å²) in [7, 11) is 0. The molecule has 106 valence electrons. The van der Waals surface area contributed by atoms with Crippen molar-refractivity contribution >= 4 is 16.7 Å². The molecular weight excluding hydrogens is 271 g/mol. The molecule has 2 aromatic rings. The zero-order valence-corrected chi connectivity index (χ0v) is 10.9. The molecule has 0 aliphatic rings. The van der Waals surface area contributed by atoms with Crippen LogP contribution in [0.2, 0.25) is 0 Å². The van der Waals surface area contributed by atoms with Gasteiger partial charge in [-0.1, -0.05) is 18.2 Å². The van der Waals surface area contributed by atoms with E-state index in [0.717, 1.165) is 0 Å². The summed E-state index contributed by atoms with van der Waals surface area (Å²) < 4.78 is 43.2. The molecule has 6 heteroatoms. The highest BCUT2D eigenvalue weighted by molar-refractivity contribution is 6.06. The van der Waals surface area contributed by atoms with Gasteiger partial charge in [-0.2, -0.15) is 13.2 Å². The number of nitrogens with zero attached hydrogens (tertiary/aromatic N) is 1. The number of benzene rings is 1. The van der Waals surface area contributed by atoms with E-state index < -0.39 is 17.5 Å². The second-order valence-electron chi connectivity index (χ2n) is 4.19. The van der Waals surface area contributed by atoms with Crippen molar-refractivity contribution in [1.29, 1.82) is 0 Å². The first-order valence-electron chi connectivity index (χ1n) is 6.00.